The van der Waals surface area contributed by atoms with E-state index in [0.717, 1.165) is 30.6 Å². The molecular weight excluding hydrogens is 446 g/mol. The third-order valence-corrected chi connectivity index (χ3v) is 7.29. The minimum Gasteiger partial charge on any atom is -0.393 e. The molecule has 32 heavy (non-hydrogen) atoms. The Labute approximate surface area is 187 Å². The van der Waals surface area contributed by atoms with Gasteiger partial charge < -0.3 is 20.6 Å². The second-order valence-electron chi connectivity index (χ2n) is 8.64. The van der Waals surface area contributed by atoms with Crippen molar-refractivity contribution in [3.05, 3.63) is 28.6 Å². The maximum absolute atomic E-state index is 14.0. The molecule has 10 heteroatoms. The summed E-state index contributed by atoms with van der Waals surface area (Å²) in [4.78, 5) is 5.62. The van der Waals surface area contributed by atoms with Crippen molar-refractivity contribution in [2.24, 2.45) is 5.16 Å². The monoisotopic (exact) mass is 473 g/mol. The summed E-state index contributed by atoms with van der Waals surface area (Å²) in [6, 6.07) is 4.62. The van der Waals surface area contributed by atoms with Gasteiger partial charge in [-0.25, -0.2) is 4.39 Å². The third-order valence-electron chi connectivity index (χ3n) is 6.07. The molecule has 0 spiro atoms. The van der Waals surface area contributed by atoms with E-state index in [4.69, 9.17) is 4.84 Å². The Hall–Kier alpha value is -1.91. The molecule has 176 valence electrons. The van der Waals surface area contributed by atoms with Crippen LogP contribution in [-0.2, 0) is 11.3 Å². The van der Waals surface area contributed by atoms with Crippen LogP contribution in [0.15, 0.2) is 23.4 Å². The van der Waals surface area contributed by atoms with Gasteiger partial charge in [-0.15, -0.1) is 11.3 Å². The Kier molecular flexibility index (Phi) is 6.92. The zero-order chi connectivity index (χ0) is 22.8. The predicted molar refractivity (Wildman–Crippen MR) is 118 cm³/mol. The molecule has 2 aromatic rings. The van der Waals surface area contributed by atoms with E-state index in [1.807, 2.05) is 0 Å². The summed E-state index contributed by atoms with van der Waals surface area (Å²) in [5.41, 5.74) is -0.213. The van der Waals surface area contributed by atoms with Crippen LogP contribution in [0.2, 0.25) is 0 Å². The van der Waals surface area contributed by atoms with Crippen molar-refractivity contribution in [2.45, 2.75) is 62.5 Å². The maximum atomic E-state index is 14.0. The van der Waals surface area contributed by atoms with Crippen LogP contribution in [-0.4, -0.2) is 55.0 Å². The van der Waals surface area contributed by atoms with Gasteiger partial charge in [0.2, 0.25) is 0 Å². The van der Waals surface area contributed by atoms with Crippen LogP contribution in [0.4, 0.5) is 23.2 Å². The molecule has 0 bridgehead atoms. The van der Waals surface area contributed by atoms with E-state index >= 15 is 0 Å². The van der Waals surface area contributed by atoms with Crippen molar-refractivity contribution < 1.29 is 27.5 Å². The van der Waals surface area contributed by atoms with E-state index < -0.39 is 30.4 Å². The van der Waals surface area contributed by atoms with Gasteiger partial charge in [0.05, 0.1) is 33.9 Å². The molecule has 1 aromatic heterocycles. The fourth-order valence-electron chi connectivity index (χ4n) is 4.37. The Morgan fingerprint density at radius 2 is 2.03 bits per heavy atom. The van der Waals surface area contributed by atoms with E-state index in [1.165, 1.54) is 6.21 Å². The summed E-state index contributed by atoms with van der Waals surface area (Å²) in [5.74, 6) is 0. The number of halogens is 4. The fourth-order valence-corrected chi connectivity index (χ4v) is 5.53. The molecule has 2 aliphatic rings. The molecule has 1 aliphatic carbocycles. The van der Waals surface area contributed by atoms with Crippen molar-refractivity contribution in [2.75, 3.05) is 25.0 Å². The minimum absolute atomic E-state index is 0.0162. The molecule has 1 aliphatic heterocycles. The Bertz CT molecular complexity index is 957. The predicted octanol–water partition coefficient (Wildman–Crippen LogP) is 4.77. The van der Waals surface area contributed by atoms with E-state index in [0.29, 0.717) is 40.0 Å². The summed E-state index contributed by atoms with van der Waals surface area (Å²) in [6.45, 7) is 0.713. The van der Waals surface area contributed by atoms with Crippen LogP contribution in [0.3, 0.4) is 0 Å². The number of thiophene rings is 1. The van der Waals surface area contributed by atoms with E-state index in [1.54, 1.807) is 18.2 Å². The van der Waals surface area contributed by atoms with Crippen LogP contribution in [0, 0.1) is 0 Å². The fraction of sp³-hybridized carbons (Fsp3) is 0.591. The lowest BCUT2D eigenvalue weighted by molar-refractivity contribution is -0.126. The molecule has 4 rings (SSSR count). The smallest absolute Gasteiger partial charge is 0.393 e. The van der Waals surface area contributed by atoms with Gasteiger partial charge >= 0.3 is 6.18 Å². The molecule has 1 saturated carbocycles. The van der Waals surface area contributed by atoms with E-state index in [-0.39, 0.29) is 18.7 Å². The van der Waals surface area contributed by atoms with Crippen LogP contribution in [0.1, 0.15) is 42.5 Å². The molecule has 0 amide bonds. The van der Waals surface area contributed by atoms with E-state index in [2.05, 4.69) is 15.8 Å². The molecule has 1 saturated heterocycles. The topological polar surface area (TPSA) is 65.9 Å². The van der Waals surface area contributed by atoms with Crippen molar-refractivity contribution >= 4 is 33.3 Å². The van der Waals surface area contributed by atoms with Gasteiger partial charge in [0, 0.05) is 13.1 Å². The number of rotatable bonds is 7. The number of benzene rings is 1. The first-order valence-electron chi connectivity index (χ1n) is 10.8. The van der Waals surface area contributed by atoms with Gasteiger partial charge in [0.25, 0.3) is 0 Å². The highest BCUT2D eigenvalue weighted by molar-refractivity contribution is 7.21. The first-order chi connectivity index (χ1) is 15.2. The molecule has 5 nitrogen and oxygen atoms in total. The molecule has 2 atom stereocenters. The van der Waals surface area contributed by atoms with Gasteiger partial charge in [-0.3, -0.25) is 0 Å². The zero-order valence-electron chi connectivity index (χ0n) is 17.6. The number of nitrogens with one attached hydrogen (secondary N) is 2. The molecular formula is C22H27F4N3O2S. The van der Waals surface area contributed by atoms with Crippen LogP contribution in [0.25, 0.3) is 10.1 Å². The summed E-state index contributed by atoms with van der Waals surface area (Å²) in [7, 11) is 0. The molecule has 0 unspecified atom stereocenters. The van der Waals surface area contributed by atoms with Crippen molar-refractivity contribution in [1.82, 2.24) is 5.32 Å². The number of hydrogen-bond acceptors (Lipinski definition) is 6. The van der Waals surface area contributed by atoms with Gasteiger partial charge in [0.15, 0.2) is 0 Å². The highest BCUT2D eigenvalue weighted by atomic mass is 32.1. The number of fused-ring (bicyclic) bond motifs is 1. The van der Waals surface area contributed by atoms with Crippen LogP contribution >= 0.6 is 11.3 Å². The lowest BCUT2D eigenvalue weighted by Gasteiger charge is -2.30. The summed E-state index contributed by atoms with van der Waals surface area (Å²) >= 11 is 1.16. The average Bonchev–Trinajstić information content (AvgIpc) is 3.29. The second-order valence-corrected chi connectivity index (χ2v) is 9.69. The van der Waals surface area contributed by atoms with Crippen LogP contribution in [0.5, 0.6) is 0 Å². The van der Waals surface area contributed by atoms with Crippen molar-refractivity contribution in [3.8, 4) is 0 Å². The van der Waals surface area contributed by atoms with Gasteiger partial charge in [0.1, 0.15) is 18.4 Å². The Morgan fingerprint density at radius 3 is 2.72 bits per heavy atom. The molecule has 1 aromatic carbocycles. The summed E-state index contributed by atoms with van der Waals surface area (Å²) in [6.07, 6.45) is -1.10. The normalized spacial score (nSPS) is 23.8. The summed E-state index contributed by atoms with van der Waals surface area (Å²) in [5, 5.41) is 20.9. The molecule has 2 heterocycles. The number of aliphatic hydroxyl groups is 1. The zero-order valence-corrected chi connectivity index (χ0v) is 18.4. The van der Waals surface area contributed by atoms with Gasteiger partial charge in [-0.05, 0) is 29.9 Å². The number of alkyl halides is 4. The van der Waals surface area contributed by atoms with Gasteiger partial charge in [-0.2, -0.15) is 13.2 Å². The number of nitrogens with zero attached hydrogens (tertiary/aromatic N) is 1. The Balaban J connectivity index is 1.58. The largest absolute Gasteiger partial charge is 0.393 e. The average molecular weight is 474 g/mol. The third kappa shape index (κ3) is 5.52. The van der Waals surface area contributed by atoms with E-state index in [9.17, 15) is 22.7 Å². The number of hydrogen-bond donors (Lipinski definition) is 3. The standard InChI is InChI=1S/C22H27F4N3O2S/c23-16-10-27-11-18(16)29-17-6-4-5-14-15(9-22(24,25)26)19(32-20(14)17)12-28-31-13-21(30)7-2-1-3-8-21/h4-6,12,16,18,27,29-30H,1-3,7-11,13H2/b28-12-/t16-,18+/m0/s1. The minimum atomic E-state index is -4.39. The molecule has 0 radical (unpaired) electrons. The maximum Gasteiger partial charge on any atom is 0.393 e. The quantitative estimate of drug-likeness (QED) is 0.308. The van der Waals surface area contributed by atoms with Crippen LogP contribution < -0.4 is 10.6 Å². The van der Waals surface area contributed by atoms with Crippen molar-refractivity contribution in [3.63, 3.8) is 0 Å². The number of anilines is 1. The first kappa shape index (κ1) is 23.3. The Morgan fingerprint density at radius 1 is 1.25 bits per heavy atom. The molecule has 2 fully saturated rings. The number of oxime groups is 1. The van der Waals surface area contributed by atoms with Crippen molar-refractivity contribution in [1.29, 1.82) is 0 Å². The molecule has 3 N–H and O–H groups in total. The highest BCUT2D eigenvalue weighted by Crippen LogP contribution is 2.39. The second kappa shape index (κ2) is 9.52. The lowest BCUT2D eigenvalue weighted by Crippen LogP contribution is -2.36. The lowest BCUT2D eigenvalue weighted by atomic mass is 9.86. The SMILES string of the molecule is OC1(CO/N=C\c2sc3c(N[C@@H]4CNC[C@@H]4F)cccc3c2CC(F)(F)F)CCCCC1. The summed E-state index contributed by atoms with van der Waals surface area (Å²) < 4.78 is 54.6. The van der Waals surface area contributed by atoms with Gasteiger partial charge in [-0.1, -0.05) is 36.6 Å². The first-order valence-corrected chi connectivity index (χ1v) is 11.7. The highest BCUT2D eigenvalue weighted by Gasteiger charge is 2.32.